The number of hydrogen-bond donors (Lipinski definition) is 2. The van der Waals surface area contributed by atoms with Gasteiger partial charge in [0.2, 0.25) is 5.90 Å². The summed E-state index contributed by atoms with van der Waals surface area (Å²) in [6.07, 6.45) is 5.15. The average molecular weight is 566 g/mol. The number of carbonyl (C=O) groups excluding carboxylic acids is 1. The molecular formula is C29H32BrN3O4. The SMILES string of the molecule is CCOC(=N)c1ccc(Oc2cc(OCc3ccc(Br)cc3)cc(C(=O)N(N)C3CCCCC3)c2)cc1. The van der Waals surface area contributed by atoms with Crippen LogP contribution in [0.5, 0.6) is 17.2 Å². The predicted molar refractivity (Wildman–Crippen MR) is 147 cm³/mol. The topological polar surface area (TPSA) is 97.9 Å². The van der Waals surface area contributed by atoms with Crippen molar-refractivity contribution in [3.05, 3.63) is 87.9 Å². The standard InChI is InChI=1S/C29H32BrN3O4/c1-2-35-28(31)21-10-14-25(15-11-21)37-27-17-22(29(34)33(32)24-6-4-3-5-7-24)16-26(18-27)36-19-20-8-12-23(30)13-9-20/h8-18,24,31H,2-7,19,32H2,1H3. The molecule has 0 aliphatic heterocycles. The van der Waals surface area contributed by atoms with E-state index in [0.717, 1.165) is 35.7 Å². The Morgan fingerprint density at radius 2 is 1.62 bits per heavy atom. The second-order valence-corrected chi connectivity index (χ2v) is 9.92. The highest BCUT2D eigenvalue weighted by molar-refractivity contribution is 9.10. The number of hydrazine groups is 1. The van der Waals surface area contributed by atoms with Crippen LogP contribution in [0.2, 0.25) is 0 Å². The molecule has 3 N–H and O–H groups in total. The average Bonchev–Trinajstić information content (AvgIpc) is 2.93. The molecule has 0 radical (unpaired) electrons. The third-order valence-corrected chi connectivity index (χ3v) is 6.82. The minimum atomic E-state index is -0.258. The molecule has 3 aromatic rings. The maximum Gasteiger partial charge on any atom is 0.268 e. The zero-order valence-electron chi connectivity index (χ0n) is 20.9. The monoisotopic (exact) mass is 565 g/mol. The fourth-order valence-corrected chi connectivity index (χ4v) is 4.56. The lowest BCUT2D eigenvalue weighted by Gasteiger charge is -2.30. The molecule has 0 spiro atoms. The fourth-order valence-electron chi connectivity index (χ4n) is 4.30. The molecule has 0 saturated heterocycles. The molecule has 0 heterocycles. The Morgan fingerprint density at radius 3 is 2.30 bits per heavy atom. The van der Waals surface area contributed by atoms with Gasteiger partial charge >= 0.3 is 0 Å². The van der Waals surface area contributed by atoms with Crippen LogP contribution in [0, 0.1) is 5.41 Å². The Labute approximate surface area is 226 Å². The molecule has 194 valence electrons. The number of halogens is 1. The van der Waals surface area contributed by atoms with Crippen LogP contribution >= 0.6 is 15.9 Å². The third-order valence-electron chi connectivity index (χ3n) is 6.29. The summed E-state index contributed by atoms with van der Waals surface area (Å²) in [6, 6.07) is 20.1. The highest BCUT2D eigenvalue weighted by Gasteiger charge is 2.25. The first-order valence-electron chi connectivity index (χ1n) is 12.5. The Morgan fingerprint density at radius 1 is 0.946 bits per heavy atom. The minimum absolute atomic E-state index is 0.0335. The van der Waals surface area contributed by atoms with E-state index in [4.69, 9.17) is 25.5 Å². The molecule has 0 unspecified atom stereocenters. The van der Waals surface area contributed by atoms with E-state index in [1.807, 2.05) is 31.2 Å². The third kappa shape index (κ3) is 7.33. The van der Waals surface area contributed by atoms with Gasteiger partial charge in [-0.05, 0) is 73.9 Å². The molecule has 0 aromatic heterocycles. The molecule has 3 aromatic carbocycles. The summed E-state index contributed by atoms with van der Waals surface area (Å²) in [7, 11) is 0. The summed E-state index contributed by atoms with van der Waals surface area (Å²) in [5, 5.41) is 9.31. The zero-order valence-corrected chi connectivity index (χ0v) is 22.5. The van der Waals surface area contributed by atoms with Crippen molar-refractivity contribution < 1.29 is 19.0 Å². The quantitative estimate of drug-likeness (QED) is 0.0973. The van der Waals surface area contributed by atoms with E-state index in [2.05, 4.69) is 15.9 Å². The van der Waals surface area contributed by atoms with Gasteiger partial charge in [0.15, 0.2) is 0 Å². The van der Waals surface area contributed by atoms with E-state index in [-0.39, 0.29) is 17.8 Å². The number of rotatable bonds is 9. The number of benzene rings is 3. The zero-order chi connectivity index (χ0) is 26.2. The molecule has 1 aliphatic rings. The summed E-state index contributed by atoms with van der Waals surface area (Å²) < 4.78 is 18.4. The number of ether oxygens (including phenoxy) is 3. The number of nitrogens with zero attached hydrogens (tertiary/aromatic N) is 1. The van der Waals surface area contributed by atoms with Crippen LogP contribution in [0.25, 0.3) is 0 Å². The Balaban J connectivity index is 1.56. The van der Waals surface area contributed by atoms with Crippen molar-refractivity contribution in [3.8, 4) is 17.2 Å². The number of amides is 1. The second kappa shape index (κ2) is 12.7. The number of nitrogens with two attached hydrogens (primary N) is 1. The number of hydrogen-bond acceptors (Lipinski definition) is 6. The van der Waals surface area contributed by atoms with E-state index >= 15 is 0 Å². The van der Waals surface area contributed by atoms with Crippen LogP contribution in [0.1, 0.15) is 60.5 Å². The van der Waals surface area contributed by atoms with E-state index in [1.165, 1.54) is 11.4 Å². The van der Waals surface area contributed by atoms with Gasteiger partial charge in [0.25, 0.3) is 5.91 Å². The summed E-state index contributed by atoms with van der Waals surface area (Å²) in [4.78, 5) is 13.3. The van der Waals surface area contributed by atoms with Crippen molar-refractivity contribution in [2.45, 2.75) is 51.7 Å². The van der Waals surface area contributed by atoms with Crippen LogP contribution < -0.4 is 15.3 Å². The molecule has 7 nitrogen and oxygen atoms in total. The lowest BCUT2D eigenvalue weighted by molar-refractivity contribution is 0.0633. The number of nitrogens with one attached hydrogen (secondary N) is 1. The van der Waals surface area contributed by atoms with E-state index in [0.29, 0.717) is 41.6 Å². The Hall–Kier alpha value is -3.36. The normalized spacial score (nSPS) is 13.6. The lowest BCUT2D eigenvalue weighted by atomic mass is 9.95. The molecule has 0 bridgehead atoms. The molecule has 1 amide bonds. The van der Waals surface area contributed by atoms with Gasteiger partial charge in [0.05, 0.1) is 6.61 Å². The van der Waals surface area contributed by atoms with E-state index in [1.54, 1.807) is 42.5 Å². The van der Waals surface area contributed by atoms with Crippen molar-refractivity contribution in [1.29, 1.82) is 5.41 Å². The van der Waals surface area contributed by atoms with Gasteiger partial charge in [-0.25, -0.2) is 5.84 Å². The fraction of sp³-hybridized carbons (Fsp3) is 0.310. The van der Waals surface area contributed by atoms with E-state index in [9.17, 15) is 4.79 Å². The van der Waals surface area contributed by atoms with Gasteiger partial charge in [-0.3, -0.25) is 15.2 Å². The minimum Gasteiger partial charge on any atom is -0.489 e. The predicted octanol–water partition coefficient (Wildman–Crippen LogP) is 6.83. The van der Waals surface area contributed by atoms with Gasteiger partial charge in [-0.2, -0.15) is 0 Å². The molecule has 1 saturated carbocycles. The first-order chi connectivity index (χ1) is 17.9. The molecular weight excluding hydrogens is 534 g/mol. The van der Waals surface area contributed by atoms with Crippen LogP contribution in [-0.2, 0) is 11.3 Å². The van der Waals surface area contributed by atoms with Crippen molar-refractivity contribution in [2.24, 2.45) is 5.84 Å². The molecule has 37 heavy (non-hydrogen) atoms. The van der Waals surface area contributed by atoms with Gasteiger partial charge < -0.3 is 14.2 Å². The lowest BCUT2D eigenvalue weighted by Crippen LogP contribution is -2.46. The molecule has 1 aliphatic carbocycles. The second-order valence-electron chi connectivity index (χ2n) is 9.00. The molecule has 4 rings (SSSR count). The Bertz CT molecular complexity index is 1210. The first kappa shape index (κ1) is 26.7. The van der Waals surface area contributed by atoms with Gasteiger partial charge in [-0.15, -0.1) is 0 Å². The number of carbonyl (C=O) groups is 1. The van der Waals surface area contributed by atoms with Crippen LogP contribution in [0.4, 0.5) is 0 Å². The maximum absolute atomic E-state index is 13.3. The van der Waals surface area contributed by atoms with Crippen molar-refractivity contribution >= 4 is 27.7 Å². The van der Waals surface area contributed by atoms with Crippen LogP contribution in [-0.4, -0.2) is 29.5 Å². The summed E-state index contributed by atoms with van der Waals surface area (Å²) in [6.45, 7) is 2.61. The highest BCUT2D eigenvalue weighted by atomic mass is 79.9. The first-order valence-corrected chi connectivity index (χ1v) is 13.3. The maximum atomic E-state index is 13.3. The van der Waals surface area contributed by atoms with Gasteiger partial charge in [0, 0.05) is 27.7 Å². The van der Waals surface area contributed by atoms with Crippen LogP contribution in [0.15, 0.2) is 71.2 Å². The Kier molecular flexibility index (Phi) is 9.19. The largest absolute Gasteiger partial charge is 0.489 e. The van der Waals surface area contributed by atoms with Crippen LogP contribution in [0.3, 0.4) is 0 Å². The van der Waals surface area contributed by atoms with Gasteiger partial charge in [-0.1, -0.05) is 47.3 Å². The smallest absolute Gasteiger partial charge is 0.268 e. The van der Waals surface area contributed by atoms with E-state index < -0.39 is 0 Å². The summed E-state index contributed by atoms with van der Waals surface area (Å²) >= 11 is 3.44. The molecule has 0 atom stereocenters. The van der Waals surface area contributed by atoms with Gasteiger partial charge in [0.1, 0.15) is 23.9 Å². The summed E-state index contributed by atoms with van der Waals surface area (Å²) in [5.74, 6) is 7.67. The highest BCUT2D eigenvalue weighted by Crippen LogP contribution is 2.30. The molecule has 1 fully saturated rings. The van der Waals surface area contributed by atoms with Crippen molar-refractivity contribution in [3.63, 3.8) is 0 Å². The van der Waals surface area contributed by atoms with Crippen molar-refractivity contribution in [2.75, 3.05) is 6.61 Å². The molecule has 8 heteroatoms. The summed E-state index contributed by atoms with van der Waals surface area (Å²) in [5.41, 5.74) is 2.06. The van der Waals surface area contributed by atoms with Crippen molar-refractivity contribution in [1.82, 2.24) is 5.01 Å².